The molecule has 4 heteroatoms. The van der Waals surface area contributed by atoms with Gasteiger partial charge in [-0.3, -0.25) is 0 Å². The Morgan fingerprint density at radius 3 is 2.27 bits per heavy atom. The normalized spacial score (nSPS) is 44.7. The standard InChI is InChI=1S/C7H15NO3/c1-4-7(11)5(2-9)6(3-10)8-4/h4-11H,2-3H2,1H3/t4-,5+,6+,7-/m0/s1. The molecular formula is C7H15NO3. The van der Waals surface area contributed by atoms with Crippen LogP contribution in [0.4, 0.5) is 0 Å². The molecule has 0 aromatic carbocycles. The summed E-state index contributed by atoms with van der Waals surface area (Å²) >= 11 is 0. The summed E-state index contributed by atoms with van der Waals surface area (Å²) in [7, 11) is 0. The summed E-state index contributed by atoms with van der Waals surface area (Å²) in [5.74, 6) is -0.227. The molecule has 1 fully saturated rings. The lowest BCUT2D eigenvalue weighted by atomic mass is 9.98. The molecule has 1 aliphatic heterocycles. The maximum atomic E-state index is 9.43. The second-order valence-electron chi connectivity index (χ2n) is 3.08. The highest BCUT2D eigenvalue weighted by molar-refractivity contribution is 4.94. The van der Waals surface area contributed by atoms with Crippen molar-refractivity contribution in [1.82, 2.24) is 5.32 Å². The lowest BCUT2D eigenvalue weighted by Crippen LogP contribution is -2.34. The van der Waals surface area contributed by atoms with Crippen LogP contribution in [0.3, 0.4) is 0 Å². The van der Waals surface area contributed by atoms with Crippen LogP contribution in [0.15, 0.2) is 0 Å². The third kappa shape index (κ3) is 1.54. The zero-order chi connectivity index (χ0) is 8.43. The maximum absolute atomic E-state index is 9.43. The van der Waals surface area contributed by atoms with E-state index >= 15 is 0 Å². The van der Waals surface area contributed by atoms with Gasteiger partial charge in [-0.15, -0.1) is 0 Å². The SMILES string of the molecule is C[C@@H]1N[C@H](CO)[C@@H](CO)[C@H]1O. The van der Waals surface area contributed by atoms with Crippen LogP contribution < -0.4 is 5.32 Å². The quantitative estimate of drug-likeness (QED) is 0.390. The summed E-state index contributed by atoms with van der Waals surface area (Å²) in [6.07, 6.45) is -0.544. The van der Waals surface area contributed by atoms with Gasteiger partial charge in [-0.1, -0.05) is 0 Å². The van der Waals surface area contributed by atoms with Crippen molar-refractivity contribution >= 4 is 0 Å². The molecule has 0 bridgehead atoms. The monoisotopic (exact) mass is 161 g/mol. The highest BCUT2D eigenvalue weighted by Gasteiger charge is 2.38. The zero-order valence-electron chi connectivity index (χ0n) is 6.57. The summed E-state index contributed by atoms with van der Waals surface area (Å²) in [5.41, 5.74) is 0. The molecule has 0 radical (unpaired) electrons. The second kappa shape index (κ2) is 3.49. The Morgan fingerprint density at radius 1 is 1.27 bits per heavy atom. The minimum absolute atomic E-state index is 0.0351. The molecule has 4 N–H and O–H groups in total. The number of hydrogen-bond donors (Lipinski definition) is 4. The molecular weight excluding hydrogens is 146 g/mol. The number of hydrogen-bond acceptors (Lipinski definition) is 4. The summed E-state index contributed by atoms with van der Waals surface area (Å²) in [4.78, 5) is 0. The Kier molecular flexibility index (Phi) is 2.84. The average molecular weight is 161 g/mol. The van der Waals surface area contributed by atoms with E-state index in [-0.39, 0.29) is 31.2 Å². The van der Waals surface area contributed by atoms with Crippen LogP contribution in [-0.2, 0) is 0 Å². The first-order valence-corrected chi connectivity index (χ1v) is 3.86. The van der Waals surface area contributed by atoms with Crippen LogP contribution in [0.5, 0.6) is 0 Å². The molecule has 0 aliphatic carbocycles. The molecule has 0 aromatic heterocycles. The van der Waals surface area contributed by atoms with Crippen molar-refractivity contribution in [2.75, 3.05) is 13.2 Å². The van der Waals surface area contributed by atoms with Crippen molar-refractivity contribution in [2.24, 2.45) is 5.92 Å². The van der Waals surface area contributed by atoms with Gasteiger partial charge in [0.1, 0.15) is 0 Å². The molecule has 0 saturated carbocycles. The van der Waals surface area contributed by atoms with Crippen molar-refractivity contribution < 1.29 is 15.3 Å². The smallest absolute Gasteiger partial charge is 0.0756 e. The molecule has 4 atom stereocenters. The molecule has 11 heavy (non-hydrogen) atoms. The second-order valence-corrected chi connectivity index (χ2v) is 3.08. The topological polar surface area (TPSA) is 72.7 Å². The largest absolute Gasteiger partial charge is 0.396 e. The van der Waals surface area contributed by atoms with Crippen LogP contribution in [0.25, 0.3) is 0 Å². The first-order chi connectivity index (χ1) is 5.20. The predicted octanol–water partition coefficient (Wildman–Crippen LogP) is -1.69. The van der Waals surface area contributed by atoms with Gasteiger partial charge < -0.3 is 20.6 Å². The van der Waals surface area contributed by atoms with E-state index in [0.29, 0.717) is 0 Å². The fraction of sp³-hybridized carbons (Fsp3) is 1.00. The fourth-order valence-corrected chi connectivity index (χ4v) is 1.59. The fourth-order valence-electron chi connectivity index (χ4n) is 1.59. The molecule has 1 aliphatic rings. The third-order valence-electron chi connectivity index (χ3n) is 2.35. The molecule has 0 unspecified atom stereocenters. The van der Waals surface area contributed by atoms with E-state index in [2.05, 4.69) is 5.32 Å². The summed E-state index contributed by atoms with van der Waals surface area (Å²) in [6.45, 7) is 1.72. The molecule has 0 aromatic rings. The van der Waals surface area contributed by atoms with E-state index in [1.165, 1.54) is 0 Å². The van der Waals surface area contributed by atoms with E-state index in [0.717, 1.165) is 0 Å². The zero-order valence-corrected chi connectivity index (χ0v) is 6.57. The molecule has 1 heterocycles. The van der Waals surface area contributed by atoms with Crippen LogP contribution >= 0.6 is 0 Å². The van der Waals surface area contributed by atoms with Crippen molar-refractivity contribution in [3.63, 3.8) is 0 Å². The number of aliphatic hydroxyl groups excluding tert-OH is 3. The molecule has 1 saturated heterocycles. The van der Waals surface area contributed by atoms with Crippen molar-refractivity contribution in [2.45, 2.75) is 25.1 Å². The average Bonchev–Trinajstić information content (AvgIpc) is 2.28. The van der Waals surface area contributed by atoms with E-state index in [9.17, 15) is 5.11 Å². The van der Waals surface area contributed by atoms with E-state index in [1.807, 2.05) is 6.92 Å². The molecule has 1 rings (SSSR count). The number of rotatable bonds is 2. The van der Waals surface area contributed by atoms with Crippen LogP contribution in [-0.4, -0.2) is 46.7 Å². The Bertz CT molecular complexity index is 131. The minimum atomic E-state index is -0.544. The Morgan fingerprint density at radius 2 is 1.91 bits per heavy atom. The van der Waals surface area contributed by atoms with E-state index in [4.69, 9.17) is 10.2 Å². The van der Waals surface area contributed by atoms with Crippen molar-refractivity contribution in [1.29, 1.82) is 0 Å². The highest BCUT2D eigenvalue weighted by atomic mass is 16.3. The van der Waals surface area contributed by atoms with E-state index < -0.39 is 6.10 Å². The first kappa shape index (κ1) is 8.93. The summed E-state index contributed by atoms with van der Waals surface area (Å²) < 4.78 is 0. The van der Waals surface area contributed by atoms with Gasteiger partial charge in [0.15, 0.2) is 0 Å². The van der Waals surface area contributed by atoms with Gasteiger partial charge >= 0.3 is 0 Å². The molecule has 0 spiro atoms. The Hall–Kier alpha value is -0.160. The van der Waals surface area contributed by atoms with Crippen molar-refractivity contribution in [3.8, 4) is 0 Å². The van der Waals surface area contributed by atoms with Crippen LogP contribution in [0.2, 0.25) is 0 Å². The molecule has 66 valence electrons. The summed E-state index contributed by atoms with van der Waals surface area (Å²) in [6, 6.07) is -0.200. The lowest BCUT2D eigenvalue weighted by molar-refractivity contribution is 0.0682. The molecule has 4 nitrogen and oxygen atoms in total. The van der Waals surface area contributed by atoms with Gasteiger partial charge in [-0.25, -0.2) is 0 Å². The molecule has 0 amide bonds. The number of nitrogens with one attached hydrogen (secondary N) is 1. The van der Waals surface area contributed by atoms with E-state index in [1.54, 1.807) is 0 Å². The van der Waals surface area contributed by atoms with Gasteiger partial charge in [0.2, 0.25) is 0 Å². The van der Waals surface area contributed by atoms with Gasteiger partial charge in [-0.2, -0.15) is 0 Å². The van der Waals surface area contributed by atoms with Crippen LogP contribution in [0.1, 0.15) is 6.92 Å². The third-order valence-corrected chi connectivity index (χ3v) is 2.35. The Balaban J connectivity index is 2.57. The van der Waals surface area contributed by atoms with Gasteiger partial charge in [-0.05, 0) is 6.92 Å². The highest BCUT2D eigenvalue weighted by Crippen LogP contribution is 2.19. The van der Waals surface area contributed by atoms with Gasteiger partial charge in [0, 0.05) is 24.6 Å². The van der Waals surface area contributed by atoms with Gasteiger partial charge in [0.25, 0.3) is 0 Å². The first-order valence-electron chi connectivity index (χ1n) is 3.86. The number of aliphatic hydroxyl groups is 3. The predicted molar refractivity (Wildman–Crippen MR) is 40.1 cm³/mol. The van der Waals surface area contributed by atoms with Crippen LogP contribution in [0, 0.1) is 5.92 Å². The van der Waals surface area contributed by atoms with Crippen molar-refractivity contribution in [3.05, 3.63) is 0 Å². The lowest BCUT2D eigenvalue weighted by Gasteiger charge is -2.16. The Labute approximate surface area is 65.9 Å². The van der Waals surface area contributed by atoms with Gasteiger partial charge in [0.05, 0.1) is 12.7 Å². The summed E-state index contributed by atoms with van der Waals surface area (Å²) in [5, 5.41) is 30.1. The maximum Gasteiger partial charge on any atom is 0.0756 e. The minimum Gasteiger partial charge on any atom is -0.396 e.